The summed E-state index contributed by atoms with van der Waals surface area (Å²) in [6.07, 6.45) is 3.14. The molecule has 0 spiro atoms. The van der Waals surface area contributed by atoms with Crippen molar-refractivity contribution in [2.75, 3.05) is 6.61 Å². The Bertz CT molecular complexity index is 392. The number of rotatable bonds is 3. The number of ether oxygens (including phenoxy) is 1. The Labute approximate surface area is 110 Å². The Morgan fingerprint density at radius 2 is 2.06 bits per heavy atom. The molecule has 1 aliphatic rings. The molecule has 1 aromatic carbocycles. The summed E-state index contributed by atoms with van der Waals surface area (Å²) in [7, 11) is 0. The summed E-state index contributed by atoms with van der Waals surface area (Å²) in [5, 5.41) is 10.0. The van der Waals surface area contributed by atoms with Crippen molar-refractivity contribution in [1.29, 1.82) is 0 Å². The zero-order valence-corrected chi connectivity index (χ0v) is 11.6. The van der Waals surface area contributed by atoms with Gasteiger partial charge in [-0.3, -0.25) is 0 Å². The van der Waals surface area contributed by atoms with Crippen molar-refractivity contribution in [2.24, 2.45) is 5.41 Å². The maximum atomic E-state index is 10.0. The molecule has 0 fully saturated rings. The Balaban J connectivity index is 2.00. The van der Waals surface area contributed by atoms with Gasteiger partial charge in [-0.25, -0.2) is 0 Å². The Morgan fingerprint density at radius 1 is 1.33 bits per heavy atom. The van der Waals surface area contributed by atoms with E-state index >= 15 is 0 Å². The highest BCUT2D eigenvalue weighted by atomic mass is 16.5. The first-order valence-electron chi connectivity index (χ1n) is 6.86. The number of aliphatic hydroxyl groups excluding tert-OH is 1. The fourth-order valence-corrected chi connectivity index (χ4v) is 2.34. The minimum absolute atomic E-state index is 0.117. The smallest absolute Gasteiger partial charge is 0.0829 e. The van der Waals surface area contributed by atoms with Crippen LogP contribution in [-0.4, -0.2) is 17.8 Å². The highest BCUT2D eigenvalue weighted by Gasteiger charge is 2.25. The van der Waals surface area contributed by atoms with E-state index in [4.69, 9.17) is 4.74 Å². The lowest BCUT2D eigenvalue weighted by Gasteiger charge is -2.30. The van der Waals surface area contributed by atoms with Crippen LogP contribution in [0.3, 0.4) is 0 Å². The van der Waals surface area contributed by atoms with E-state index in [9.17, 15) is 5.11 Å². The zero-order chi connectivity index (χ0) is 13.2. The highest BCUT2D eigenvalue weighted by Crippen LogP contribution is 2.33. The van der Waals surface area contributed by atoms with E-state index < -0.39 is 6.10 Å². The molecule has 0 saturated heterocycles. The van der Waals surface area contributed by atoms with Crippen molar-refractivity contribution in [2.45, 2.75) is 52.2 Å². The van der Waals surface area contributed by atoms with E-state index in [0.717, 1.165) is 12.8 Å². The lowest BCUT2D eigenvalue weighted by molar-refractivity contribution is -0.0553. The summed E-state index contributed by atoms with van der Waals surface area (Å²) in [5.41, 5.74) is 2.60. The monoisotopic (exact) mass is 248 g/mol. The van der Waals surface area contributed by atoms with E-state index in [-0.39, 0.29) is 11.5 Å². The van der Waals surface area contributed by atoms with E-state index in [1.54, 1.807) is 0 Å². The third-order valence-corrected chi connectivity index (χ3v) is 3.77. The SMILES string of the molecule is CC(C)(C)C(O)COC1CCCc2ccccc21. The molecular weight excluding hydrogens is 224 g/mol. The summed E-state index contributed by atoms with van der Waals surface area (Å²) in [5.74, 6) is 0. The number of fused-ring (bicyclic) bond motifs is 1. The second-order valence-electron chi connectivity index (χ2n) is 6.29. The zero-order valence-electron chi connectivity index (χ0n) is 11.6. The quantitative estimate of drug-likeness (QED) is 0.887. The Morgan fingerprint density at radius 3 is 2.78 bits per heavy atom. The molecule has 2 atom stereocenters. The Hall–Kier alpha value is -0.860. The number of hydrogen-bond donors (Lipinski definition) is 1. The second-order valence-corrected chi connectivity index (χ2v) is 6.29. The predicted octanol–water partition coefficient (Wildman–Crippen LogP) is 3.49. The van der Waals surface area contributed by atoms with Crippen LogP contribution in [0.4, 0.5) is 0 Å². The fraction of sp³-hybridized carbons (Fsp3) is 0.625. The number of aryl methyl sites for hydroxylation is 1. The molecule has 1 N–H and O–H groups in total. The summed E-state index contributed by atoms with van der Waals surface area (Å²) in [4.78, 5) is 0. The van der Waals surface area contributed by atoms with Crippen LogP contribution in [0.1, 0.15) is 50.8 Å². The van der Waals surface area contributed by atoms with Crippen LogP contribution in [0.2, 0.25) is 0 Å². The maximum Gasteiger partial charge on any atom is 0.0829 e. The van der Waals surface area contributed by atoms with Crippen molar-refractivity contribution in [3.8, 4) is 0 Å². The minimum Gasteiger partial charge on any atom is -0.390 e. The molecule has 2 rings (SSSR count). The first-order valence-corrected chi connectivity index (χ1v) is 6.86. The van der Waals surface area contributed by atoms with Gasteiger partial charge in [0.15, 0.2) is 0 Å². The fourth-order valence-electron chi connectivity index (χ4n) is 2.34. The number of hydrogen-bond acceptors (Lipinski definition) is 2. The first-order chi connectivity index (χ1) is 8.48. The first kappa shape index (κ1) is 13.6. The molecular formula is C16H24O2. The molecule has 0 radical (unpaired) electrons. The molecule has 0 heterocycles. The van der Waals surface area contributed by atoms with Gasteiger partial charge in [0.1, 0.15) is 0 Å². The molecule has 2 unspecified atom stereocenters. The molecule has 0 amide bonds. The van der Waals surface area contributed by atoms with Crippen molar-refractivity contribution in [3.05, 3.63) is 35.4 Å². The lowest BCUT2D eigenvalue weighted by atomic mass is 9.88. The van der Waals surface area contributed by atoms with Crippen molar-refractivity contribution < 1.29 is 9.84 Å². The van der Waals surface area contributed by atoms with Crippen molar-refractivity contribution >= 4 is 0 Å². The van der Waals surface area contributed by atoms with Gasteiger partial charge in [-0.15, -0.1) is 0 Å². The van der Waals surface area contributed by atoms with Crippen LogP contribution in [0.5, 0.6) is 0 Å². The third kappa shape index (κ3) is 3.12. The molecule has 0 aliphatic heterocycles. The number of benzene rings is 1. The van der Waals surface area contributed by atoms with E-state index in [0.29, 0.717) is 6.61 Å². The predicted molar refractivity (Wildman–Crippen MR) is 73.5 cm³/mol. The highest BCUT2D eigenvalue weighted by molar-refractivity contribution is 5.31. The average molecular weight is 248 g/mol. The van der Waals surface area contributed by atoms with Gasteiger partial charge in [0.25, 0.3) is 0 Å². The van der Waals surface area contributed by atoms with Crippen LogP contribution in [0, 0.1) is 5.41 Å². The van der Waals surface area contributed by atoms with Gasteiger partial charge in [0.2, 0.25) is 0 Å². The van der Waals surface area contributed by atoms with Crippen LogP contribution in [0.25, 0.3) is 0 Å². The van der Waals surface area contributed by atoms with Crippen LogP contribution in [0.15, 0.2) is 24.3 Å². The van der Waals surface area contributed by atoms with Gasteiger partial charge in [0, 0.05) is 0 Å². The van der Waals surface area contributed by atoms with Crippen LogP contribution >= 0.6 is 0 Å². The summed E-state index contributed by atoms with van der Waals surface area (Å²) >= 11 is 0. The molecule has 2 heteroatoms. The molecule has 18 heavy (non-hydrogen) atoms. The normalized spacial score (nSPS) is 21.4. The topological polar surface area (TPSA) is 29.5 Å². The van der Waals surface area contributed by atoms with Crippen molar-refractivity contribution in [3.63, 3.8) is 0 Å². The summed E-state index contributed by atoms with van der Waals surface area (Å²) in [6.45, 7) is 6.53. The molecule has 0 aromatic heterocycles. The van der Waals surface area contributed by atoms with E-state index in [1.807, 2.05) is 20.8 Å². The standard InChI is InChI=1S/C16H24O2/c1-16(2,3)15(17)11-18-14-10-6-8-12-7-4-5-9-13(12)14/h4-5,7,9,14-15,17H,6,8,10-11H2,1-3H3. The van der Waals surface area contributed by atoms with Gasteiger partial charge in [-0.05, 0) is 35.8 Å². The van der Waals surface area contributed by atoms with Gasteiger partial charge in [-0.2, -0.15) is 0 Å². The number of aliphatic hydroxyl groups is 1. The summed E-state index contributed by atoms with van der Waals surface area (Å²) in [6, 6.07) is 8.50. The van der Waals surface area contributed by atoms with Gasteiger partial charge in [-0.1, -0.05) is 45.0 Å². The Kier molecular flexibility index (Phi) is 4.08. The lowest BCUT2D eigenvalue weighted by Crippen LogP contribution is -2.31. The molecule has 1 aliphatic carbocycles. The minimum atomic E-state index is -0.411. The molecule has 0 saturated carbocycles. The largest absolute Gasteiger partial charge is 0.390 e. The third-order valence-electron chi connectivity index (χ3n) is 3.77. The second kappa shape index (κ2) is 5.41. The molecule has 1 aromatic rings. The maximum absolute atomic E-state index is 10.0. The van der Waals surface area contributed by atoms with Gasteiger partial charge >= 0.3 is 0 Å². The van der Waals surface area contributed by atoms with E-state index in [2.05, 4.69) is 24.3 Å². The van der Waals surface area contributed by atoms with Crippen LogP contribution in [-0.2, 0) is 11.2 Å². The van der Waals surface area contributed by atoms with Crippen LogP contribution < -0.4 is 0 Å². The van der Waals surface area contributed by atoms with E-state index in [1.165, 1.54) is 17.5 Å². The van der Waals surface area contributed by atoms with Gasteiger partial charge in [0.05, 0.1) is 18.8 Å². The molecule has 0 bridgehead atoms. The van der Waals surface area contributed by atoms with Gasteiger partial charge < -0.3 is 9.84 Å². The van der Waals surface area contributed by atoms with Crippen molar-refractivity contribution in [1.82, 2.24) is 0 Å². The molecule has 2 nitrogen and oxygen atoms in total. The summed E-state index contributed by atoms with van der Waals surface area (Å²) < 4.78 is 5.95. The average Bonchev–Trinajstić information content (AvgIpc) is 2.34. The molecule has 100 valence electrons.